The monoisotopic (exact) mass is 346 g/mol. The predicted octanol–water partition coefficient (Wildman–Crippen LogP) is 0.250. The van der Waals surface area contributed by atoms with Crippen LogP contribution in [-0.2, 0) is 14.3 Å². The number of nitrogens with zero attached hydrogens (tertiary/aromatic N) is 3. The fourth-order valence-corrected chi connectivity index (χ4v) is 3.09. The summed E-state index contributed by atoms with van der Waals surface area (Å²) >= 11 is 0. The molecular formula is C17H22N4O4. The molecule has 0 aliphatic carbocycles. The first-order chi connectivity index (χ1) is 12.1. The van der Waals surface area contributed by atoms with Crippen molar-refractivity contribution in [3.8, 4) is 0 Å². The van der Waals surface area contributed by atoms with Crippen molar-refractivity contribution >= 4 is 23.6 Å². The van der Waals surface area contributed by atoms with Gasteiger partial charge in [-0.05, 0) is 12.1 Å². The molecule has 1 atom stereocenters. The average molecular weight is 346 g/mol. The Bertz CT molecular complexity index is 643. The van der Waals surface area contributed by atoms with Gasteiger partial charge in [-0.1, -0.05) is 18.2 Å². The number of imide groups is 1. The Morgan fingerprint density at radius 3 is 2.48 bits per heavy atom. The second-order valence-electron chi connectivity index (χ2n) is 6.13. The number of ether oxygens (including phenoxy) is 1. The van der Waals surface area contributed by atoms with E-state index in [1.807, 2.05) is 18.2 Å². The van der Waals surface area contributed by atoms with Crippen LogP contribution < -0.4 is 10.2 Å². The molecule has 1 unspecified atom stereocenters. The van der Waals surface area contributed by atoms with E-state index in [4.69, 9.17) is 0 Å². The van der Waals surface area contributed by atoms with E-state index in [9.17, 15) is 14.4 Å². The Hall–Kier alpha value is -2.61. The third-order valence-corrected chi connectivity index (χ3v) is 4.54. The highest BCUT2D eigenvalue weighted by Crippen LogP contribution is 2.17. The summed E-state index contributed by atoms with van der Waals surface area (Å²) in [6.07, 6.45) is -0.140. The third kappa shape index (κ3) is 3.90. The van der Waals surface area contributed by atoms with Gasteiger partial charge in [0.2, 0.25) is 0 Å². The van der Waals surface area contributed by atoms with Gasteiger partial charge >= 0.3 is 12.0 Å². The Balaban J connectivity index is 1.52. The van der Waals surface area contributed by atoms with Crippen LogP contribution in [0.3, 0.4) is 0 Å². The molecule has 3 amide bonds. The Labute approximate surface area is 146 Å². The molecule has 25 heavy (non-hydrogen) atoms. The summed E-state index contributed by atoms with van der Waals surface area (Å²) in [5.41, 5.74) is 1.18. The number of piperazine rings is 1. The fourth-order valence-electron chi connectivity index (χ4n) is 3.09. The van der Waals surface area contributed by atoms with Gasteiger partial charge < -0.3 is 15.0 Å². The van der Waals surface area contributed by atoms with Crippen LogP contribution in [0.1, 0.15) is 6.42 Å². The summed E-state index contributed by atoms with van der Waals surface area (Å²) in [5.74, 6) is -0.891. The van der Waals surface area contributed by atoms with Crippen LogP contribution in [0, 0.1) is 0 Å². The van der Waals surface area contributed by atoms with Crippen LogP contribution in [0.25, 0.3) is 0 Å². The summed E-state index contributed by atoms with van der Waals surface area (Å²) in [4.78, 5) is 41.2. The molecule has 134 valence electrons. The van der Waals surface area contributed by atoms with E-state index in [0.717, 1.165) is 26.2 Å². The maximum atomic E-state index is 12.3. The van der Waals surface area contributed by atoms with Crippen molar-refractivity contribution in [2.45, 2.75) is 12.5 Å². The van der Waals surface area contributed by atoms with E-state index in [1.54, 1.807) is 0 Å². The van der Waals surface area contributed by atoms with E-state index < -0.39 is 18.0 Å². The lowest BCUT2D eigenvalue weighted by Crippen LogP contribution is -2.51. The molecule has 1 N–H and O–H groups in total. The minimum Gasteiger partial charge on any atom is -0.469 e. The average Bonchev–Trinajstić information content (AvgIpc) is 2.90. The molecule has 2 heterocycles. The van der Waals surface area contributed by atoms with Crippen molar-refractivity contribution in [2.75, 3.05) is 44.9 Å². The predicted molar refractivity (Wildman–Crippen MR) is 90.9 cm³/mol. The maximum absolute atomic E-state index is 12.3. The number of amides is 3. The number of para-hydroxylation sites is 1. The highest BCUT2D eigenvalue weighted by Gasteiger charge is 2.40. The van der Waals surface area contributed by atoms with Crippen LogP contribution in [0.2, 0.25) is 0 Å². The Morgan fingerprint density at radius 2 is 1.84 bits per heavy atom. The number of hydrogen-bond acceptors (Lipinski definition) is 6. The minimum atomic E-state index is -0.828. The summed E-state index contributed by atoms with van der Waals surface area (Å²) in [6, 6.07) is 8.87. The van der Waals surface area contributed by atoms with Gasteiger partial charge in [0.15, 0.2) is 0 Å². The zero-order valence-electron chi connectivity index (χ0n) is 14.2. The number of urea groups is 1. The zero-order chi connectivity index (χ0) is 17.8. The van der Waals surface area contributed by atoms with E-state index in [0.29, 0.717) is 0 Å². The van der Waals surface area contributed by atoms with Crippen molar-refractivity contribution in [3.05, 3.63) is 30.3 Å². The Kier molecular flexibility index (Phi) is 5.18. The molecule has 8 nitrogen and oxygen atoms in total. The van der Waals surface area contributed by atoms with Crippen molar-refractivity contribution < 1.29 is 19.1 Å². The van der Waals surface area contributed by atoms with Crippen molar-refractivity contribution in [1.29, 1.82) is 0 Å². The second kappa shape index (κ2) is 7.52. The zero-order valence-corrected chi connectivity index (χ0v) is 14.2. The number of anilines is 1. The summed E-state index contributed by atoms with van der Waals surface area (Å²) < 4.78 is 4.56. The van der Waals surface area contributed by atoms with Gasteiger partial charge in [-0.25, -0.2) is 9.69 Å². The molecule has 3 rings (SSSR count). The lowest BCUT2D eigenvalue weighted by Gasteiger charge is -2.37. The summed E-state index contributed by atoms with van der Waals surface area (Å²) in [6.45, 7) is 3.42. The molecule has 0 spiro atoms. The van der Waals surface area contributed by atoms with Crippen molar-refractivity contribution in [2.24, 2.45) is 0 Å². The highest BCUT2D eigenvalue weighted by molar-refractivity contribution is 6.05. The van der Waals surface area contributed by atoms with Crippen LogP contribution in [-0.4, -0.2) is 73.7 Å². The largest absolute Gasteiger partial charge is 0.469 e. The van der Waals surface area contributed by atoms with Gasteiger partial charge in [0.1, 0.15) is 6.04 Å². The van der Waals surface area contributed by atoms with Gasteiger partial charge in [0.25, 0.3) is 5.91 Å². The summed E-state index contributed by atoms with van der Waals surface area (Å²) in [5, 5.41) is 2.54. The Morgan fingerprint density at radius 1 is 1.16 bits per heavy atom. The molecule has 1 aromatic rings. The number of esters is 1. The quantitative estimate of drug-likeness (QED) is 0.608. The maximum Gasteiger partial charge on any atom is 0.325 e. The van der Waals surface area contributed by atoms with E-state index in [-0.39, 0.29) is 19.0 Å². The van der Waals surface area contributed by atoms with Crippen LogP contribution >= 0.6 is 0 Å². The van der Waals surface area contributed by atoms with E-state index >= 15 is 0 Å². The van der Waals surface area contributed by atoms with Gasteiger partial charge in [0, 0.05) is 31.9 Å². The SMILES string of the molecule is COC(=O)CC1NC(=O)N(CN2CCN(c3ccccc3)CC2)C1=O. The standard InChI is InChI=1S/C17H22N4O4/c1-25-15(22)11-14-16(23)21(17(24)18-14)12-19-7-9-20(10-8-19)13-5-3-2-4-6-13/h2-6,14H,7-12H2,1H3,(H,18,24). The second-order valence-corrected chi connectivity index (χ2v) is 6.13. The fraction of sp³-hybridized carbons (Fsp3) is 0.471. The molecule has 2 saturated heterocycles. The molecule has 1 aromatic carbocycles. The summed E-state index contributed by atoms with van der Waals surface area (Å²) in [7, 11) is 1.26. The third-order valence-electron chi connectivity index (χ3n) is 4.54. The molecule has 0 saturated carbocycles. The molecular weight excluding hydrogens is 324 g/mol. The molecule has 0 bridgehead atoms. The first-order valence-corrected chi connectivity index (χ1v) is 8.29. The number of methoxy groups -OCH3 is 1. The normalized spacial score (nSPS) is 21.4. The number of benzene rings is 1. The number of carbonyl (C=O) groups is 3. The number of nitrogens with one attached hydrogen (secondary N) is 1. The van der Waals surface area contributed by atoms with E-state index in [1.165, 1.54) is 17.7 Å². The smallest absolute Gasteiger partial charge is 0.325 e. The van der Waals surface area contributed by atoms with E-state index in [2.05, 4.69) is 32.0 Å². The number of hydrogen-bond donors (Lipinski definition) is 1. The topological polar surface area (TPSA) is 82.2 Å². The lowest BCUT2D eigenvalue weighted by molar-refractivity contribution is -0.143. The highest BCUT2D eigenvalue weighted by atomic mass is 16.5. The molecule has 2 aliphatic heterocycles. The minimum absolute atomic E-state index is 0.140. The number of rotatable bonds is 5. The van der Waals surface area contributed by atoms with Crippen LogP contribution in [0.4, 0.5) is 10.5 Å². The first kappa shape index (κ1) is 17.2. The van der Waals surface area contributed by atoms with Crippen molar-refractivity contribution in [1.82, 2.24) is 15.1 Å². The number of carbonyl (C=O) groups excluding carboxylic acids is 3. The molecule has 2 aliphatic rings. The molecule has 0 radical (unpaired) electrons. The molecule has 0 aromatic heterocycles. The van der Waals surface area contributed by atoms with Gasteiger partial charge in [-0.2, -0.15) is 0 Å². The van der Waals surface area contributed by atoms with Gasteiger partial charge in [-0.3, -0.25) is 14.5 Å². The van der Waals surface area contributed by atoms with Gasteiger partial charge in [0.05, 0.1) is 20.2 Å². The van der Waals surface area contributed by atoms with Crippen molar-refractivity contribution in [3.63, 3.8) is 0 Å². The first-order valence-electron chi connectivity index (χ1n) is 8.29. The van der Waals surface area contributed by atoms with Gasteiger partial charge in [-0.15, -0.1) is 0 Å². The lowest BCUT2D eigenvalue weighted by atomic mass is 10.2. The molecule has 8 heteroatoms. The van der Waals surface area contributed by atoms with Crippen LogP contribution in [0.5, 0.6) is 0 Å². The molecule has 2 fully saturated rings. The van der Waals surface area contributed by atoms with Crippen LogP contribution in [0.15, 0.2) is 30.3 Å².